The van der Waals surface area contributed by atoms with Gasteiger partial charge >= 0.3 is 5.69 Å². The summed E-state index contributed by atoms with van der Waals surface area (Å²) in [6, 6.07) is 7.73. The van der Waals surface area contributed by atoms with Gasteiger partial charge in [-0.25, -0.2) is 9.89 Å². The van der Waals surface area contributed by atoms with E-state index in [-0.39, 0.29) is 5.69 Å². The van der Waals surface area contributed by atoms with Crippen molar-refractivity contribution < 1.29 is 4.74 Å². The van der Waals surface area contributed by atoms with Crippen LogP contribution in [0.15, 0.2) is 38.7 Å². The monoisotopic (exact) mass is 371 g/mol. The molecule has 1 heterocycles. The summed E-state index contributed by atoms with van der Waals surface area (Å²) in [7, 11) is 0. The van der Waals surface area contributed by atoms with Crippen LogP contribution in [0.2, 0.25) is 0 Å². The van der Waals surface area contributed by atoms with Gasteiger partial charge in [-0.2, -0.15) is 0 Å². The van der Waals surface area contributed by atoms with Gasteiger partial charge in [0.25, 0.3) is 0 Å². The lowest BCUT2D eigenvalue weighted by molar-refractivity contribution is 0.343. The fraction of sp³-hybridized carbons (Fsp3) is 0.429. The first-order valence-electron chi connectivity index (χ1n) is 6.87. The molecule has 0 unspecified atom stereocenters. The van der Waals surface area contributed by atoms with E-state index in [1.807, 2.05) is 24.3 Å². The van der Waals surface area contributed by atoms with E-state index in [1.54, 1.807) is 4.57 Å². The Hall–Kier alpha value is -1.21. The van der Waals surface area contributed by atoms with Crippen molar-refractivity contribution in [3.05, 3.63) is 39.2 Å². The molecule has 0 aliphatic rings. The van der Waals surface area contributed by atoms with Crippen molar-refractivity contribution in [1.82, 2.24) is 14.8 Å². The average Bonchev–Trinajstić information content (AvgIpc) is 2.82. The Morgan fingerprint density at radius 3 is 3.10 bits per heavy atom. The summed E-state index contributed by atoms with van der Waals surface area (Å²) in [5, 5.41) is 7.28. The number of thioether (sulfide) groups is 1. The molecular formula is C14H18BrN3O2S. The summed E-state index contributed by atoms with van der Waals surface area (Å²) in [6.45, 7) is 3.38. The summed E-state index contributed by atoms with van der Waals surface area (Å²) >= 11 is 4.93. The zero-order valence-corrected chi connectivity index (χ0v) is 14.2. The third-order valence-electron chi connectivity index (χ3n) is 2.84. The van der Waals surface area contributed by atoms with E-state index in [0.29, 0.717) is 13.2 Å². The molecule has 21 heavy (non-hydrogen) atoms. The number of nitrogens with zero attached hydrogens (tertiary/aromatic N) is 2. The van der Waals surface area contributed by atoms with Gasteiger partial charge in [-0.3, -0.25) is 4.57 Å². The normalized spacial score (nSPS) is 10.8. The summed E-state index contributed by atoms with van der Waals surface area (Å²) in [6.07, 6.45) is 2.02. The molecule has 1 aromatic carbocycles. The quantitative estimate of drug-likeness (QED) is 0.571. The third-order valence-corrected chi connectivity index (χ3v) is 4.27. The van der Waals surface area contributed by atoms with Crippen LogP contribution in [0.25, 0.3) is 0 Å². The first-order chi connectivity index (χ1) is 10.2. The zero-order chi connectivity index (χ0) is 15.1. The highest BCUT2D eigenvalue weighted by Crippen LogP contribution is 2.19. The molecule has 0 saturated heterocycles. The molecule has 0 atom stereocenters. The Bertz CT molecular complexity index is 627. The number of hydrogen-bond donors (Lipinski definition) is 1. The van der Waals surface area contributed by atoms with Crippen molar-refractivity contribution in [2.75, 3.05) is 12.4 Å². The fourth-order valence-corrected chi connectivity index (χ4v) is 2.94. The number of hydrogen-bond acceptors (Lipinski definition) is 4. The second-order valence-corrected chi connectivity index (χ2v) is 6.45. The fourth-order valence-electron chi connectivity index (χ4n) is 1.78. The second kappa shape index (κ2) is 8.29. The van der Waals surface area contributed by atoms with E-state index in [4.69, 9.17) is 4.74 Å². The third kappa shape index (κ3) is 4.93. The maximum Gasteiger partial charge on any atom is 0.343 e. The van der Waals surface area contributed by atoms with E-state index in [9.17, 15) is 4.79 Å². The Morgan fingerprint density at radius 1 is 1.48 bits per heavy atom. The molecule has 7 heteroatoms. The van der Waals surface area contributed by atoms with Gasteiger partial charge < -0.3 is 4.74 Å². The topological polar surface area (TPSA) is 59.9 Å². The average molecular weight is 372 g/mol. The van der Waals surface area contributed by atoms with Crippen LogP contribution < -0.4 is 10.4 Å². The Morgan fingerprint density at radius 2 is 2.33 bits per heavy atom. The van der Waals surface area contributed by atoms with Crippen LogP contribution >= 0.6 is 27.7 Å². The molecule has 0 aliphatic carbocycles. The van der Waals surface area contributed by atoms with Gasteiger partial charge in [-0.1, -0.05) is 47.1 Å². The molecule has 1 N–H and O–H groups in total. The molecule has 2 rings (SSSR count). The number of unbranched alkanes of at least 4 members (excludes halogenated alkanes) is 1. The standard InChI is InChI=1S/C14H18BrN3O2S/c1-2-3-7-18-13(19)16-17-14(18)21-9-8-20-12-6-4-5-11(15)10-12/h4-6,10H,2-3,7-9H2,1H3,(H,16,19). The van der Waals surface area contributed by atoms with E-state index in [2.05, 4.69) is 33.1 Å². The molecule has 0 saturated carbocycles. The molecule has 5 nitrogen and oxygen atoms in total. The number of aromatic nitrogens is 3. The van der Waals surface area contributed by atoms with Crippen LogP contribution in [-0.2, 0) is 6.54 Å². The Kier molecular flexibility index (Phi) is 6.38. The second-order valence-electron chi connectivity index (χ2n) is 4.47. The summed E-state index contributed by atoms with van der Waals surface area (Å²) in [5.41, 5.74) is -0.140. The highest BCUT2D eigenvalue weighted by molar-refractivity contribution is 9.10. The number of nitrogens with one attached hydrogen (secondary N) is 1. The van der Waals surface area contributed by atoms with Gasteiger partial charge in [0.1, 0.15) is 5.75 Å². The van der Waals surface area contributed by atoms with Crippen molar-refractivity contribution in [3.8, 4) is 5.75 Å². The number of halogens is 1. The smallest absolute Gasteiger partial charge is 0.343 e. The maximum absolute atomic E-state index is 11.6. The molecule has 0 radical (unpaired) electrons. The molecule has 0 spiro atoms. The first kappa shape index (κ1) is 16.2. The first-order valence-corrected chi connectivity index (χ1v) is 8.65. The van der Waals surface area contributed by atoms with Gasteiger partial charge in [0, 0.05) is 16.8 Å². The Labute approximate surface area is 136 Å². The largest absolute Gasteiger partial charge is 0.493 e. The molecule has 0 bridgehead atoms. The van der Waals surface area contributed by atoms with Gasteiger partial charge in [-0.05, 0) is 24.6 Å². The van der Waals surface area contributed by atoms with Crippen molar-refractivity contribution in [3.63, 3.8) is 0 Å². The van der Waals surface area contributed by atoms with E-state index in [0.717, 1.165) is 34.0 Å². The van der Waals surface area contributed by atoms with Crippen molar-refractivity contribution in [2.24, 2.45) is 0 Å². The highest BCUT2D eigenvalue weighted by atomic mass is 79.9. The molecule has 114 valence electrons. The van der Waals surface area contributed by atoms with Gasteiger partial charge in [0.05, 0.1) is 6.61 Å². The highest BCUT2D eigenvalue weighted by Gasteiger charge is 2.08. The van der Waals surface area contributed by atoms with Crippen LogP contribution in [0.4, 0.5) is 0 Å². The minimum absolute atomic E-state index is 0.140. The van der Waals surface area contributed by atoms with Crippen molar-refractivity contribution in [1.29, 1.82) is 0 Å². The van der Waals surface area contributed by atoms with E-state index < -0.39 is 0 Å². The molecule has 2 aromatic rings. The lowest BCUT2D eigenvalue weighted by Crippen LogP contribution is -2.17. The predicted molar refractivity (Wildman–Crippen MR) is 88.1 cm³/mol. The predicted octanol–water partition coefficient (Wildman–Crippen LogP) is 3.31. The van der Waals surface area contributed by atoms with Crippen LogP contribution in [0.3, 0.4) is 0 Å². The minimum atomic E-state index is -0.140. The van der Waals surface area contributed by atoms with E-state index >= 15 is 0 Å². The van der Waals surface area contributed by atoms with Crippen LogP contribution in [0.1, 0.15) is 19.8 Å². The number of aromatic amines is 1. The minimum Gasteiger partial charge on any atom is -0.493 e. The lowest BCUT2D eigenvalue weighted by atomic mass is 10.3. The zero-order valence-electron chi connectivity index (χ0n) is 11.8. The van der Waals surface area contributed by atoms with E-state index in [1.165, 1.54) is 11.8 Å². The number of ether oxygens (including phenoxy) is 1. The van der Waals surface area contributed by atoms with Gasteiger partial charge in [-0.15, -0.1) is 5.10 Å². The molecule has 0 amide bonds. The van der Waals surface area contributed by atoms with Crippen molar-refractivity contribution in [2.45, 2.75) is 31.5 Å². The number of H-pyrrole nitrogens is 1. The molecule has 0 aliphatic heterocycles. The summed E-state index contributed by atoms with van der Waals surface area (Å²) in [4.78, 5) is 11.6. The van der Waals surface area contributed by atoms with Crippen LogP contribution in [0.5, 0.6) is 5.75 Å². The SMILES string of the molecule is CCCCn1c(SCCOc2cccc(Br)c2)n[nH]c1=O. The van der Waals surface area contributed by atoms with Gasteiger partial charge in [0.2, 0.25) is 0 Å². The van der Waals surface area contributed by atoms with Crippen molar-refractivity contribution >= 4 is 27.7 Å². The number of rotatable bonds is 8. The maximum atomic E-state index is 11.6. The number of benzene rings is 1. The summed E-state index contributed by atoms with van der Waals surface area (Å²) < 4.78 is 8.34. The Balaban J connectivity index is 1.82. The van der Waals surface area contributed by atoms with Crippen LogP contribution in [0, 0.1) is 0 Å². The van der Waals surface area contributed by atoms with Crippen LogP contribution in [-0.4, -0.2) is 27.1 Å². The molecule has 1 aromatic heterocycles. The summed E-state index contributed by atoms with van der Waals surface area (Å²) in [5.74, 6) is 1.57. The molecule has 0 fully saturated rings. The lowest BCUT2D eigenvalue weighted by Gasteiger charge is -2.07. The molecular weight excluding hydrogens is 354 g/mol. The van der Waals surface area contributed by atoms with Gasteiger partial charge in [0.15, 0.2) is 5.16 Å².